The minimum Gasteiger partial charge on any atom is -0.493 e. The average Bonchev–Trinajstić information content (AvgIpc) is 2.67. The molecule has 0 spiro atoms. The number of aromatic amines is 1. The van der Waals surface area contributed by atoms with E-state index >= 15 is 0 Å². The van der Waals surface area contributed by atoms with Gasteiger partial charge in [0.1, 0.15) is 11.6 Å². The molecule has 28 heavy (non-hydrogen) atoms. The van der Waals surface area contributed by atoms with Crippen molar-refractivity contribution in [3.8, 4) is 17.6 Å². The number of hydrogen-bond acceptors (Lipinski definition) is 5. The molecule has 0 fully saturated rings. The minimum absolute atomic E-state index is 0.0995. The molecule has 0 unspecified atom stereocenters. The smallest absolute Gasteiger partial charge is 0.266 e. The third-order valence-corrected chi connectivity index (χ3v) is 4.54. The van der Waals surface area contributed by atoms with Crippen LogP contribution in [0.25, 0.3) is 0 Å². The number of nitrogens with one attached hydrogen (secondary N) is 2. The fourth-order valence-corrected chi connectivity index (χ4v) is 3.04. The van der Waals surface area contributed by atoms with Crippen molar-refractivity contribution in [1.29, 1.82) is 5.26 Å². The predicted molar refractivity (Wildman–Crippen MR) is 106 cm³/mol. The Morgan fingerprint density at radius 1 is 1.29 bits per heavy atom. The van der Waals surface area contributed by atoms with E-state index in [0.717, 1.165) is 11.1 Å². The first-order valence-corrected chi connectivity index (χ1v) is 9.10. The molecule has 1 aromatic heterocycles. The highest BCUT2D eigenvalue weighted by molar-refractivity contribution is 5.76. The first-order chi connectivity index (χ1) is 13.4. The normalized spacial score (nSPS) is 10.2. The van der Waals surface area contributed by atoms with Crippen LogP contribution >= 0.6 is 0 Å². The number of amides is 1. The Morgan fingerprint density at radius 2 is 2.04 bits per heavy atom. The summed E-state index contributed by atoms with van der Waals surface area (Å²) in [6, 6.07) is 7.46. The number of nitrogens with zero attached hydrogens (tertiary/aromatic N) is 1. The second-order valence-electron chi connectivity index (χ2n) is 6.36. The minimum atomic E-state index is -0.393. The molecular weight excluding hydrogens is 358 g/mol. The maximum atomic E-state index is 12.3. The lowest BCUT2D eigenvalue weighted by Gasteiger charge is -2.12. The lowest BCUT2D eigenvalue weighted by molar-refractivity contribution is -0.121. The highest BCUT2D eigenvalue weighted by atomic mass is 16.5. The van der Waals surface area contributed by atoms with Gasteiger partial charge >= 0.3 is 0 Å². The van der Waals surface area contributed by atoms with E-state index in [1.165, 1.54) is 0 Å². The van der Waals surface area contributed by atoms with Crippen LogP contribution in [-0.2, 0) is 17.8 Å². The summed E-state index contributed by atoms with van der Waals surface area (Å²) in [5.74, 6) is 1.17. The van der Waals surface area contributed by atoms with Crippen molar-refractivity contribution in [2.75, 3.05) is 13.7 Å². The van der Waals surface area contributed by atoms with E-state index in [2.05, 4.69) is 10.3 Å². The highest BCUT2D eigenvalue weighted by Gasteiger charge is 2.13. The molecule has 7 heteroatoms. The summed E-state index contributed by atoms with van der Waals surface area (Å²) in [7, 11) is 1.57. The summed E-state index contributed by atoms with van der Waals surface area (Å²) in [4.78, 5) is 26.7. The van der Waals surface area contributed by atoms with Crippen LogP contribution in [0.15, 0.2) is 23.0 Å². The number of aromatic nitrogens is 1. The van der Waals surface area contributed by atoms with Gasteiger partial charge in [-0.05, 0) is 56.0 Å². The van der Waals surface area contributed by atoms with Gasteiger partial charge in [-0.25, -0.2) is 0 Å². The Hall–Kier alpha value is -3.27. The van der Waals surface area contributed by atoms with Crippen LogP contribution in [0.4, 0.5) is 0 Å². The molecule has 2 N–H and O–H groups in total. The molecule has 1 aromatic carbocycles. The van der Waals surface area contributed by atoms with Gasteiger partial charge in [-0.1, -0.05) is 6.07 Å². The Bertz CT molecular complexity index is 957. The standard InChI is InChI=1S/C21H25N3O4/c1-5-28-18-8-6-15(10-19(18)27-4)12-23-20(25)9-7-16-13(2)17(11-22)21(26)24-14(16)3/h6,8,10H,5,7,9,12H2,1-4H3,(H,23,25)(H,24,26). The van der Waals surface area contributed by atoms with E-state index in [0.29, 0.717) is 42.3 Å². The Balaban J connectivity index is 1.99. The first kappa shape index (κ1) is 21.0. The topological polar surface area (TPSA) is 104 Å². The van der Waals surface area contributed by atoms with Gasteiger partial charge in [-0.15, -0.1) is 0 Å². The fraction of sp³-hybridized carbons (Fsp3) is 0.381. The molecule has 2 aromatic rings. The molecule has 1 heterocycles. The number of benzene rings is 1. The SMILES string of the molecule is CCOc1ccc(CNC(=O)CCc2c(C)[nH]c(=O)c(C#N)c2C)cc1OC. The van der Waals surface area contributed by atoms with E-state index in [1.54, 1.807) is 21.0 Å². The van der Waals surface area contributed by atoms with Gasteiger partial charge in [0.25, 0.3) is 5.56 Å². The zero-order valence-corrected chi connectivity index (χ0v) is 16.6. The fourth-order valence-electron chi connectivity index (χ4n) is 3.04. The quantitative estimate of drug-likeness (QED) is 0.729. The number of pyridine rings is 1. The lowest BCUT2D eigenvalue weighted by Crippen LogP contribution is -2.24. The molecular formula is C21H25N3O4. The number of carbonyl (C=O) groups excluding carboxylic acids is 1. The molecule has 0 bridgehead atoms. The summed E-state index contributed by atoms with van der Waals surface area (Å²) in [6.07, 6.45) is 0.703. The van der Waals surface area contributed by atoms with Crippen LogP contribution in [0, 0.1) is 25.2 Å². The number of H-pyrrole nitrogens is 1. The summed E-state index contributed by atoms with van der Waals surface area (Å²) < 4.78 is 10.8. The maximum Gasteiger partial charge on any atom is 0.266 e. The first-order valence-electron chi connectivity index (χ1n) is 9.10. The number of nitriles is 1. The van der Waals surface area contributed by atoms with Gasteiger partial charge in [0.15, 0.2) is 11.5 Å². The van der Waals surface area contributed by atoms with Gasteiger partial charge < -0.3 is 19.8 Å². The number of hydrogen-bond donors (Lipinski definition) is 2. The van der Waals surface area contributed by atoms with Crippen molar-refractivity contribution >= 4 is 5.91 Å². The summed E-state index contributed by atoms with van der Waals surface area (Å²) >= 11 is 0. The van der Waals surface area contributed by atoms with E-state index < -0.39 is 5.56 Å². The third kappa shape index (κ3) is 4.92. The van der Waals surface area contributed by atoms with Gasteiger partial charge in [-0.3, -0.25) is 9.59 Å². The summed E-state index contributed by atoms with van der Waals surface area (Å²) in [5.41, 5.74) is 2.75. The largest absolute Gasteiger partial charge is 0.493 e. The van der Waals surface area contributed by atoms with Crippen molar-refractivity contribution in [1.82, 2.24) is 10.3 Å². The van der Waals surface area contributed by atoms with Crippen LogP contribution in [0.2, 0.25) is 0 Å². The molecule has 0 saturated heterocycles. The van der Waals surface area contributed by atoms with Gasteiger partial charge in [0, 0.05) is 18.7 Å². The van der Waals surface area contributed by atoms with E-state index in [-0.39, 0.29) is 17.9 Å². The number of methoxy groups -OCH3 is 1. The number of ether oxygens (including phenoxy) is 2. The van der Waals surface area contributed by atoms with E-state index in [1.807, 2.05) is 31.2 Å². The van der Waals surface area contributed by atoms with E-state index in [4.69, 9.17) is 14.7 Å². The summed E-state index contributed by atoms with van der Waals surface area (Å²) in [6.45, 7) is 6.33. The van der Waals surface area contributed by atoms with Crippen molar-refractivity contribution in [2.24, 2.45) is 0 Å². The van der Waals surface area contributed by atoms with Crippen LogP contribution in [-0.4, -0.2) is 24.6 Å². The zero-order chi connectivity index (χ0) is 20.7. The van der Waals surface area contributed by atoms with Crippen LogP contribution in [0.1, 0.15) is 41.3 Å². The second-order valence-corrected chi connectivity index (χ2v) is 6.36. The number of carbonyl (C=O) groups is 1. The molecule has 2 rings (SSSR count). The molecule has 0 aliphatic heterocycles. The molecule has 148 valence electrons. The molecule has 0 atom stereocenters. The van der Waals surface area contributed by atoms with Crippen LogP contribution < -0.4 is 20.3 Å². The number of aryl methyl sites for hydroxylation is 1. The van der Waals surface area contributed by atoms with Crippen molar-refractivity contribution in [3.05, 3.63) is 56.5 Å². The zero-order valence-electron chi connectivity index (χ0n) is 16.6. The maximum absolute atomic E-state index is 12.3. The van der Waals surface area contributed by atoms with Gasteiger partial charge in [0.05, 0.1) is 13.7 Å². The van der Waals surface area contributed by atoms with Crippen molar-refractivity contribution in [3.63, 3.8) is 0 Å². The monoisotopic (exact) mass is 383 g/mol. The molecule has 7 nitrogen and oxygen atoms in total. The van der Waals surface area contributed by atoms with Crippen molar-refractivity contribution < 1.29 is 14.3 Å². The van der Waals surface area contributed by atoms with Gasteiger partial charge in [0.2, 0.25) is 5.91 Å². The molecule has 0 aliphatic rings. The van der Waals surface area contributed by atoms with Gasteiger partial charge in [-0.2, -0.15) is 5.26 Å². The van der Waals surface area contributed by atoms with Crippen LogP contribution in [0.3, 0.4) is 0 Å². The number of rotatable bonds is 8. The Kier molecular flexibility index (Phi) is 7.21. The predicted octanol–water partition coefficient (Wildman–Crippen LogP) is 2.52. The summed E-state index contributed by atoms with van der Waals surface area (Å²) in [5, 5.41) is 12.0. The highest BCUT2D eigenvalue weighted by Crippen LogP contribution is 2.28. The molecule has 0 radical (unpaired) electrons. The van der Waals surface area contributed by atoms with Crippen molar-refractivity contribution in [2.45, 2.75) is 40.2 Å². The average molecular weight is 383 g/mol. The molecule has 1 amide bonds. The second kappa shape index (κ2) is 9.60. The molecule has 0 saturated carbocycles. The third-order valence-electron chi connectivity index (χ3n) is 4.54. The lowest BCUT2D eigenvalue weighted by atomic mass is 9.99. The Labute approximate surface area is 164 Å². The van der Waals surface area contributed by atoms with E-state index in [9.17, 15) is 9.59 Å². The Morgan fingerprint density at radius 3 is 2.68 bits per heavy atom. The van der Waals surface area contributed by atoms with Crippen LogP contribution in [0.5, 0.6) is 11.5 Å². The molecule has 0 aliphatic carbocycles.